The zero-order chi connectivity index (χ0) is 12.1. The maximum absolute atomic E-state index is 11.3. The SMILES string of the molecule is COC(=O)C(C)Oc1ccccc1C(C)C. The van der Waals surface area contributed by atoms with Crippen LogP contribution >= 0.6 is 0 Å². The van der Waals surface area contributed by atoms with Crippen LogP contribution in [-0.4, -0.2) is 19.2 Å². The van der Waals surface area contributed by atoms with Gasteiger partial charge in [-0.15, -0.1) is 0 Å². The maximum Gasteiger partial charge on any atom is 0.346 e. The molecule has 3 nitrogen and oxygen atoms in total. The zero-order valence-electron chi connectivity index (χ0n) is 10.2. The highest BCUT2D eigenvalue weighted by molar-refractivity contribution is 5.74. The number of ether oxygens (including phenoxy) is 2. The monoisotopic (exact) mass is 222 g/mol. The number of carbonyl (C=O) groups excluding carboxylic acids is 1. The van der Waals surface area contributed by atoms with Crippen molar-refractivity contribution in [3.8, 4) is 5.75 Å². The van der Waals surface area contributed by atoms with E-state index in [0.717, 1.165) is 11.3 Å². The predicted octanol–water partition coefficient (Wildman–Crippen LogP) is 2.75. The molecular weight excluding hydrogens is 204 g/mol. The second-order valence-corrected chi connectivity index (χ2v) is 3.98. The van der Waals surface area contributed by atoms with E-state index in [4.69, 9.17) is 4.74 Å². The topological polar surface area (TPSA) is 35.5 Å². The van der Waals surface area contributed by atoms with Crippen molar-refractivity contribution < 1.29 is 14.3 Å². The summed E-state index contributed by atoms with van der Waals surface area (Å²) >= 11 is 0. The third-order valence-corrected chi connectivity index (χ3v) is 2.38. The molecule has 0 N–H and O–H groups in total. The number of rotatable bonds is 4. The minimum atomic E-state index is -0.579. The molecule has 3 heteroatoms. The molecule has 1 unspecified atom stereocenters. The van der Waals surface area contributed by atoms with Gasteiger partial charge < -0.3 is 9.47 Å². The van der Waals surface area contributed by atoms with E-state index >= 15 is 0 Å². The van der Waals surface area contributed by atoms with Crippen LogP contribution < -0.4 is 4.74 Å². The van der Waals surface area contributed by atoms with Crippen LogP contribution in [0.25, 0.3) is 0 Å². The maximum atomic E-state index is 11.3. The summed E-state index contributed by atoms with van der Waals surface area (Å²) in [5.41, 5.74) is 1.10. The summed E-state index contributed by atoms with van der Waals surface area (Å²) in [5, 5.41) is 0. The van der Waals surface area contributed by atoms with Gasteiger partial charge in [-0.2, -0.15) is 0 Å². The molecule has 0 aliphatic rings. The summed E-state index contributed by atoms with van der Waals surface area (Å²) in [6.45, 7) is 5.86. The number of benzene rings is 1. The first kappa shape index (κ1) is 12.6. The Morgan fingerprint density at radius 1 is 1.19 bits per heavy atom. The molecule has 1 aromatic rings. The van der Waals surface area contributed by atoms with E-state index in [0.29, 0.717) is 5.92 Å². The molecule has 0 fully saturated rings. The second kappa shape index (κ2) is 5.54. The molecule has 0 bridgehead atoms. The molecular formula is C13H18O3. The standard InChI is InChI=1S/C13H18O3/c1-9(2)11-7-5-6-8-12(11)16-10(3)13(14)15-4/h5-10H,1-4H3. The Balaban J connectivity index is 2.84. The minimum Gasteiger partial charge on any atom is -0.479 e. The summed E-state index contributed by atoms with van der Waals surface area (Å²) in [4.78, 5) is 11.3. The first-order valence-electron chi connectivity index (χ1n) is 5.39. The minimum absolute atomic E-state index is 0.362. The van der Waals surface area contributed by atoms with E-state index in [1.807, 2.05) is 24.3 Å². The summed E-state index contributed by atoms with van der Waals surface area (Å²) in [6, 6.07) is 7.73. The molecule has 0 aliphatic heterocycles. The van der Waals surface area contributed by atoms with Gasteiger partial charge in [0, 0.05) is 0 Å². The van der Waals surface area contributed by atoms with Crippen LogP contribution in [0.4, 0.5) is 0 Å². The largest absolute Gasteiger partial charge is 0.479 e. The lowest BCUT2D eigenvalue weighted by molar-refractivity contribution is -0.147. The molecule has 0 heterocycles. The summed E-state index contributed by atoms with van der Waals surface area (Å²) in [6.07, 6.45) is -0.579. The number of hydrogen-bond donors (Lipinski definition) is 0. The van der Waals surface area contributed by atoms with Crippen molar-refractivity contribution in [1.29, 1.82) is 0 Å². The van der Waals surface area contributed by atoms with Crippen molar-refractivity contribution in [3.63, 3.8) is 0 Å². The molecule has 1 aromatic carbocycles. The molecule has 16 heavy (non-hydrogen) atoms. The smallest absolute Gasteiger partial charge is 0.346 e. The van der Waals surface area contributed by atoms with Crippen LogP contribution in [0.1, 0.15) is 32.3 Å². The quantitative estimate of drug-likeness (QED) is 0.735. The Morgan fingerprint density at radius 3 is 2.38 bits per heavy atom. The molecule has 0 saturated heterocycles. The van der Waals surface area contributed by atoms with Crippen molar-refractivity contribution in [3.05, 3.63) is 29.8 Å². The highest BCUT2D eigenvalue weighted by Crippen LogP contribution is 2.26. The number of carbonyl (C=O) groups is 1. The number of hydrogen-bond acceptors (Lipinski definition) is 3. The van der Waals surface area contributed by atoms with Gasteiger partial charge in [-0.1, -0.05) is 32.0 Å². The highest BCUT2D eigenvalue weighted by atomic mass is 16.6. The summed E-state index contributed by atoms with van der Waals surface area (Å²) < 4.78 is 10.2. The van der Waals surface area contributed by atoms with Gasteiger partial charge in [-0.25, -0.2) is 4.79 Å². The third kappa shape index (κ3) is 2.99. The normalized spacial score (nSPS) is 12.3. The van der Waals surface area contributed by atoms with Gasteiger partial charge in [-0.05, 0) is 24.5 Å². The molecule has 0 radical (unpaired) electrons. The van der Waals surface area contributed by atoms with Crippen LogP contribution in [0.2, 0.25) is 0 Å². The average Bonchev–Trinajstić information content (AvgIpc) is 2.28. The van der Waals surface area contributed by atoms with Crippen molar-refractivity contribution in [1.82, 2.24) is 0 Å². The third-order valence-electron chi connectivity index (χ3n) is 2.38. The van der Waals surface area contributed by atoms with E-state index in [2.05, 4.69) is 18.6 Å². The van der Waals surface area contributed by atoms with Crippen LogP contribution in [0, 0.1) is 0 Å². The molecule has 0 aromatic heterocycles. The Kier molecular flexibility index (Phi) is 4.35. The predicted molar refractivity (Wildman–Crippen MR) is 62.6 cm³/mol. The van der Waals surface area contributed by atoms with Crippen molar-refractivity contribution in [2.24, 2.45) is 0 Å². The highest BCUT2D eigenvalue weighted by Gasteiger charge is 2.17. The van der Waals surface area contributed by atoms with E-state index in [9.17, 15) is 4.79 Å². The fraction of sp³-hybridized carbons (Fsp3) is 0.462. The van der Waals surface area contributed by atoms with E-state index < -0.39 is 6.10 Å². The Morgan fingerprint density at radius 2 is 1.81 bits per heavy atom. The first-order chi connectivity index (χ1) is 7.56. The first-order valence-corrected chi connectivity index (χ1v) is 5.39. The number of para-hydroxylation sites is 1. The summed E-state index contributed by atoms with van der Waals surface area (Å²) in [5.74, 6) is 0.745. The lowest BCUT2D eigenvalue weighted by atomic mass is 10.0. The second-order valence-electron chi connectivity index (χ2n) is 3.98. The van der Waals surface area contributed by atoms with Gasteiger partial charge in [0.2, 0.25) is 0 Å². The Hall–Kier alpha value is -1.51. The van der Waals surface area contributed by atoms with E-state index in [1.54, 1.807) is 6.92 Å². The van der Waals surface area contributed by atoms with E-state index in [-0.39, 0.29) is 5.97 Å². The van der Waals surface area contributed by atoms with Crippen LogP contribution in [0.3, 0.4) is 0 Å². The summed E-state index contributed by atoms with van der Waals surface area (Å²) in [7, 11) is 1.36. The molecule has 1 rings (SSSR count). The lowest BCUT2D eigenvalue weighted by Gasteiger charge is -2.17. The molecule has 88 valence electrons. The Labute approximate surface area is 96.4 Å². The number of esters is 1. The lowest BCUT2D eigenvalue weighted by Crippen LogP contribution is -2.25. The molecule has 0 saturated carbocycles. The molecule has 0 aliphatic carbocycles. The van der Waals surface area contributed by atoms with Crippen molar-refractivity contribution in [2.75, 3.05) is 7.11 Å². The molecule has 0 spiro atoms. The van der Waals surface area contributed by atoms with Crippen LogP contribution in [0.15, 0.2) is 24.3 Å². The average molecular weight is 222 g/mol. The van der Waals surface area contributed by atoms with Gasteiger partial charge in [-0.3, -0.25) is 0 Å². The van der Waals surface area contributed by atoms with Crippen molar-refractivity contribution >= 4 is 5.97 Å². The van der Waals surface area contributed by atoms with Gasteiger partial charge in [0.1, 0.15) is 5.75 Å². The van der Waals surface area contributed by atoms with Gasteiger partial charge in [0.15, 0.2) is 6.10 Å². The van der Waals surface area contributed by atoms with Crippen LogP contribution in [0.5, 0.6) is 5.75 Å². The van der Waals surface area contributed by atoms with E-state index in [1.165, 1.54) is 7.11 Å². The van der Waals surface area contributed by atoms with Crippen molar-refractivity contribution in [2.45, 2.75) is 32.8 Å². The Bertz CT molecular complexity index is 358. The van der Waals surface area contributed by atoms with Gasteiger partial charge >= 0.3 is 5.97 Å². The van der Waals surface area contributed by atoms with Gasteiger partial charge in [0.25, 0.3) is 0 Å². The van der Waals surface area contributed by atoms with Crippen LogP contribution in [-0.2, 0) is 9.53 Å². The molecule has 0 amide bonds. The zero-order valence-corrected chi connectivity index (χ0v) is 10.2. The fourth-order valence-corrected chi connectivity index (χ4v) is 1.47. The number of methoxy groups -OCH3 is 1. The van der Waals surface area contributed by atoms with Gasteiger partial charge in [0.05, 0.1) is 7.11 Å². The molecule has 1 atom stereocenters. The fourth-order valence-electron chi connectivity index (χ4n) is 1.47.